The molecule has 1 aliphatic heterocycles. The molecule has 0 unspecified atom stereocenters. The van der Waals surface area contributed by atoms with Gasteiger partial charge in [-0.1, -0.05) is 12.1 Å². The number of aromatic amines is 1. The highest BCUT2D eigenvalue weighted by molar-refractivity contribution is 6.07. The highest BCUT2D eigenvalue weighted by atomic mass is 16.1. The van der Waals surface area contributed by atoms with Gasteiger partial charge in [-0.3, -0.25) is 4.79 Å². The van der Waals surface area contributed by atoms with Crippen LogP contribution in [-0.4, -0.2) is 24.0 Å². The van der Waals surface area contributed by atoms with Gasteiger partial charge in [0, 0.05) is 35.4 Å². The number of carbonyl (C=O) groups excluding carboxylic acids is 1. The van der Waals surface area contributed by atoms with Crippen LogP contribution in [-0.2, 0) is 0 Å². The van der Waals surface area contributed by atoms with E-state index in [1.165, 1.54) is 24.1 Å². The Labute approximate surface area is 147 Å². The van der Waals surface area contributed by atoms with Gasteiger partial charge in [-0.25, -0.2) is 0 Å². The Balaban J connectivity index is 1.54. The fourth-order valence-electron chi connectivity index (χ4n) is 3.60. The summed E-state index contributed by atoms with van der Waals surface area (Å²) in [5.41, 5.74) is 5.85. The molecule has 0 saturated carbocycles. The van der Waals surface area contributed by atoms with E-state index in [1.54, 1.807) is 0 Å². The third-order valence-electron chi connectivity index (χ3n) is 5.04. The largest absolute Gasteiger partial charge is 0.372 e. The highest BCUT2D eigenvalue weighted by Gasteiger charge is 2.16. The first-order valence-electron chi connectivity index (χ1n) is 8.87. The van der Waals surface area contributed by atoms with E-state index < -0.39 is 0 Å². The molecule has 25 heavy (non-hydrogen) atoms. The van der Waals surface area contributed by atoms with Gasteiger partial charge in [0.1, 0.15) is 5.69 Å². The van der Waals surface area contributed by atoms with Crippen LogP contribution in [0.3, 0.4) is 0 Å². The number of fused-ring (bicyclic) bond motifs is 1. The van der Waals surface area contributed by atoms with Gasteiger partial charge in [0.15, 0.2) is 0 Å². The number of aryl methyl sites for hydroxylation is 2. The van der Waals surface area contributed by atoms with Gasteiger partial charge >= 0.3 is 0 Å². The van der Waals surface area contributed by atoms with Crippen LogP contribution in [0, 0.1) is 13.8 Å². The van der Waals surface area contributed by atoms with Gasteiger partial charge in [-0.2, -0.15) is 0 Å². The number of aromatic nitrogens is 1. The van der Waals surface area contributed by atoms with Crippen LogP contribution in [0.5, 0.6) is 0 Å². The monoisotopic (exact) mass is 333 g/mol. The number of rotatable bonds is 3. The molecule has 2 N–H and O–H groups in total. The predicted octanol–water partition coefficient (Wildman–Crippen LogP) is 4.64. The molecule has 4 heteroatoms. The van der Waals surface area contributed by atoms with Gasteiger partial charge < -0.3 is 15.2 Å². The Hall–Kier alpha value is -2.75. The van der Waals surface area contributed by atoms with Crippen molar-refractivity contribution in [2.75, 3.05) is 23.3 Å². The van der Waals surface area contributed by atoms with Crippen LogP contribution in [0.1, 0.15) is 34.5 Å². The standard InChI is InChI=1S/C21H23N3O/c1-14-5-10-18-15(2)20(23-19(18)13-14)21(25)22-16-6-8-17(9-7-16)24-11-3-4-12-24/h5-10,13,23H,3-4,11-12H2,1-2H3,(H,22,25). The summed E-state index contributed by atoms with van der Waals surface area (Å²) < 4.78 is 0. The summed E-state index contributed by atoms with van der Waals surface area (Å²) >= 11 is 0. The zero-order valence-electron chi connectivity index (χ0n) is 14.7. The van der Waals surface area contributed by atoms with E-state index in [-0.39, 0.29) is 5.91 Å². The molecule has 4 nitrogen and oxygen atoms in total. The van der Waals surface area contributed by atoms with E-state index in [0.29, 0.717) is 5.69 Å². The number of hydrogen-bond acceptors (Lipinski definition) is 2. The second-order valence-corrected chi connectivity index (χ2v) is 6.87. The second kappa shape index (κ2) is 6.28. The molecule has 0 spiro atoms. The molecule has 0 bridgehead atoms. The van der Waals surface area contributed by atoms with Crippen molar-refractivity contribution in [3.8, 4) is 0 Å². The van der Waals surface area contributed by atoms with Crippen LogP contribution in [0.4, 0.5) is 11.4 Å². The molecule has 1 amide bonds. The van der Waals surface area contributed by atoms with Crippen molar-refractivity contribution in [3.63, 3.8) is 0 Å². The van der Waals surface area contributed by atoms with Crippen molar-refractivity contribution >= 4 is 28.2 Å². The maximum absolute atomic E-state index is 12.7. The van der Waals surface area contributed by atoms with Crippen molar-refractivity contribution in [2.45, 2.75) is 26.7 Å². The third kappa shape index (κ3) is 3.00. The first kappa shape index (κ1) is 15.8. The lowest BCUT2D eigenvalue weighted by Crippen LogP contribution is -2.17. The lowest BCUT2D eigenvalue weighted by Gasteiger charge is -2.17. The summed E-state index contributed by atoms with van der Waals surface area (Å²) in [6, 6.07) is 14.3. The average Bonchev–Trinajstić information content (AvgIpc) is 3.24. The number of nitrogens with one attached hydrogen (secondary N) is 2. The number of hydrogen-bond donors (Lipinski definition) is 2. The Morgan fingerprint density at radius 3 is 2.48 bits per heavy atom. The van der Waals surface area contributed by atoms with Gasteiger partial charge in [-0.15, -0.1) is 0 Å². The quantitative estimate of drug-likeness (QED) is 0.734. The van der Waals surface area contributed by atoms with Crippen molar-refractivity contribution in [1.29, 1.82) is 0 Å². The number of amides is 1. The number of nitrogens with zero attached hydrogens (tertiary/aromatic N) is 1. The fraction of sp³-hybridized carbons (Fsp3) is 0.286. The summed E-state index contributed by atoms with van der Waals surface area (Å²) in [5, 5.41) is 4.10. The van der Waals surface area contributed by atoms with Crippen LogP contribution in [0.25, 0.3) is 10.9 Å². The molecule has 0 atom stereocenters. The van der Waals surface area contributed by atoms with E-state index in [4.69, 9.17) is 0 Å². The number of benzene rings is 2. The lowest BCUT2D eigenvalue weighted by molar-refractivity contribution is 0.102. The van der Waals surface area contributed by atoms with E-state index in [2.05, 4.69) is 52.5 Å². The molecule has 1 fully saturated rings. The zero-order valence-corrected chi connectivity index (χ0v) is 14.7. The SMILES string of the molecule is Cc1ccc2c(C)c(C(=O)Nc3ccc(N4CCCC4)cc3)[nH]c2c1. The Bertz CT molecular complexity index is 918. The van der Waals surface area contributed by atoms with Crippen molar-refractivity contribution in [3.05, 3.63) is 59.3 Å². The highest BCUT2D eigenvalue weighted by Crippen LogP contribution is 2.25. The molecular weight excluding hydrogens is 310 g/mol. The minimum Gasteiger partial charge on any atom is -0.372 e. The maximum Gasteiger partial charge on any atom is 0.272 e. The summed E-state index contributed by atoms with van der Waals surface area (Å²) in [4.78, 5) is 18.3. The molecule has 1 aromatic heterocycles. The van der Waals surface area contributed by atoms with Crippen LogP contribution in [0.15, 0.2) is 42.5 Å². The molecule has 0 radical (unpaired) electrons. The van der Waals surface area contributed by atoms with E-state index in [0.717, 1.165) is 35.2 Å². The molecule has 1 saturated heterocycles. The smallest absolute Gasteiger partial charge is 0.272 e. The third-order valence-corrected chi connectivity index (χ3v) is 5.04. The Morgan fingerprint density at radius 1 is 1.04 bits per heavy atom. The first-order valence-corrected chi connectivity index (χ1v) is 8.87. The van der Waals surface area contributed by atoms with Crippen molar-refractivity contribution < 1.29 is 4.79 Å². The lowest BCUT2D eigenvalue weighted by atomic mass is 10.1. The predicted molar refractivity (Wildman–Crippen MR) is 104 cm³/mol. The molecule has 0 aliphatic carbocycles. The molecule has 128 valence electrons. The Morgan fingerprint density at radius 2 is 1.76 bits per heavy atom. The molecular formula is C21H23N3O. The molecule has 2 aromatic carbocycles. The maximum atomic E-state index is 12.7. The molecule has 1 aliphatic rings. The van der Waals surface area contributed by atoms with Crippen LogP contribution >= 0.6 is 0 Å². The van der Waals surface area contributed by atoms with Crippen molar-refractivity contribution in [2.24, 2.45) is 0 Å². The average molecular weight is 333 g/mol. The normalized spacial score (nSPS) is 14.2. The number of anilines is 2. The minimum absolute atomic E-state index is 0.0970. The summed E-state index contributed by atoms with van der Waals surface area (Å²) in [7, 11) is 0. The van der Waals surface area contributed by atoms with Crippen LogP contribution < -0.4 is 10.2 Å². The minimum atomic E-state index is -0.0970. The van der Waals surface area contributed by atoms with E-state index in [1.807, 2.05) is 19.1 Å². The summed E-state index contributed by atoms with van der Waals surface area (Å²) in [6.45, 7) is 6.29. The first-order chi connectivity index (χ1) is 12.1. The summed E-state index contributed by atoms with van der Waals surface area (Å²) in [6.07, 6.45) is 2.52. The summed E-state index contributed by atoms with van der Waals surface area (Å²) in [5.74, 6) is -0.0970. The van der Waals surface area contributed by atoms with Gasteiger partial charge in [0.2, 0.25) is 0 Å². The fourth-order valence-corrected chi connectivity index (χ4v) is 3.60. The Kier molecular flexibility index (Phi) is 3.96. The van der Waals surface area contributed by atoms with Crippen LogP contribution in [0.2, 0.25) is 0 Å². The van der Waals surface area contributed by atoms with Gasteiger partial charge in [0.25, 0.3) is 5.91 Å². The van der Waals surface area contributed by atoms with Crippen molar-refractivity contribution in [1.82, 2.24) is 4.98 Å². The van der Waals surface area contributed by atoms with E-state index >= 15 is 0 Å². The topological polar surface area (TPSA) is 48.1 Å². The molecule has 3 aromatic rings. The van der Waals surface area contributed by atoms with Gasteiger partial charge in [0.05, 0.1) is 0 Å². The zero-order chi connectivity index (χ0) is 17.4. The number of H-pyrrole nitrogens is 1. The second-order valence-electron chi connectivity index (χ2n) is 6.87. The van der Waals surface area contributed by atoms with E-state index in [9.17, 15) is 4.79 Å². The van der Waals surface area contributed by atoms with Gasteiger partial charge in [-0.05, 0) is 68.1 Å². The number of carbonyl (C=O) groups is 1. The molecule has 2 heterocycles. The molecule has 4 rings (SSSR count).